The van der Waals surface area contributed by atoms with Gasteiger partial charge < -0.3 is 10.3 Å². The first-order valence-corrected chi connectivity index (χ1v) is 6.08. The van der Waals surface area contributed by atoms with Gasteiger partial charge in [-0.3, -0.25) is 0 Å². The van der Waals surface area contributed by atoms with Crippen molar-refractivity contribution in [2.24, 2.45) is 5.73 Å². The molecule has 0 radical (unpaired) electrons. The van der Waals surface area contributed by atoms with Crippen LogP contribution in [0.4, 0.5) is 4.39 Å². The molecule has 2 rings (SSSR count). The fourth-order valence-electron chi connectivity index (χ4n) is 2.17. The van der Waals surface area contributed by atoms with Crippen molar-refractivity contribution in [2.45, 2.75) is 39.3 Å². The van der Waals surface area contributed by atoms with Crippen LogP contribution in [-0.4, -0.2) is 9.55 Å². The van der Waals surface area contributed by atoms with Crippen LogP contribution in [-0.2, 0) is 6.54 Å². The van der Waals surface area contributed by atoms with Crippen molar-refractivity contribution in [1.82, 2.24) is 9.55 Å². The first-order chi connectivity index (χ1) is 8.17. The van der Waals surface area contributed by atoms with Crippen LogP contribution in [0.25, 0.3) is 11.0 Å². The molecule has 92 valence electrons. The molecule has 3 nitrogen and oxygen atoms in total. The number of aromatic nitrogens is 2. The van der Waals surface area contributed by atoms with Crippen LogP contribution in [0.5, 0.6) is 0 Å². The lowest BCUT2D eigenvalue weighted by atomic mass is 10.2. The van der Waals surface area contributed by atoms with Crippen LogP contribution in [0.3, 0.4) is 0 Å². The van der Waals surface area contributed by atoms with Crippen molar-refractivity contribution in [2.75, 3.05) is 0 Å². The SMILES string of the molecule is CCCC(N)c1nc2ccc(F)cc2n1CC. The van der Waals surface area contributed by atoms with Gasteiger partial charge in [-0.05, 0) is 31.5 Å². The Balaban J connectivity index is 2.55. The highest BCUT2D eigenvalue weighted by atomic mass is 19.1. The number of rotatable bonds is 4. The van der Waals surface area contributed by atoms with Crippen LogP contribution in [0.2, 0.25) is 0 Å². The lowest BCUT2D eigenvalue weighted by Crippen LogP contribution is -2.16. The smallest absolute Gasteiger partial charge is 0.126 e. The van der Waals surface area contributed by atoms with E-state index in [2.05, 4.69) is 11.9 Å². The largest absolute Gasteiger partial charge is 0.327 e. The van der Waals surface area contributed by atoms with E-state index in [9.17, 15) is 4.39 Å². The van der Waals surface area contributed by atoms with E-state index in [4.69, 9.17) is 5.73 Å². The molecular weight excluding hydrogens is 217 g/mol. The Kier molecular flexibility index (Phi) is 3.43. The lowest BCUT2D eigenvalue weighted by molar-refractivity contribution is 0.565. The fraction of sp³-hybridized carbons (Fsp3) is 0.462. The van der Waals surface area contributed by atoms with Gasteiger partial charge in [-0.1, -0.05) is 13.3 Å². The number of nitrogens with two attached hydrogens (primary N) is 1. The van der Waals surface area contributed by atoms with Crippen LogP contribution in [0.1, 0.15) is 38.6 Å². The molecule has 0 fully saturated rings. The van der Waals surface area contributed by atoms with Crippen LogP contribution < -0.4 is 5.73 Å². The van der Waals surface area contributed by atoms with Gasteiger partial charge in [-0.15, -0.1) is 0 Å². The molecule has 0 amide bonds. The number of halogens is 1. The number of fused-ring (bicyclic) bond motifs is 1. The molecule has 0 aliphatic carbocycles. The highest BCUT2D eigenvalue weighted by Gasteiger charge is 2.15. The van der Waals surface area contributed by atoms with Crippen molar-refractivity contribution < 1.29 is 4.39 Å². The standard InChI is InChI=1S/C13H18FN3/c1-3-5-10(15)13-16-11-7-6-9(14)8-12(11)17(13)4-2/h6-8,10H,3-5,15H2,1-2H3. The molecule has 1 heterocycles. The van der Waals surface area contributed by atoms with Crippen molar-refractivity contribution in [3.05, 3.63) is 29.8 Å². The van der Waals surface area contributed by atoms with Crippen molar-refractivity contribution in [3.8, 4) is 0 Å². The highest BCUT2D eigenvalue weighted by Crippen LogP contribution is 2.22. The molecule has 2 aromatic rings. The normalized spacial score (nSPS) is 13.2. The summed E-state index contributed by atoms with van der Waals surface area (Å²) in [5.41, 5.74) is 7.75. The van der Waals surface area contributed by atoms with E-state index >= 15 is 0 Å². The lowest BCUT2D eigenvalue weighted by Gasteiger charge is -2.12. The molecule has 0 spiro atoms. The minimum atomic E-state index is -0.234. The van der Waals surface area contributed by atoms with Crippen LogP contribution >= 0.6 is 0 Å². The summed E-state index contributed by atoms with van der Waals surface area (Å²) in [5, 5.41) is 0. The summed E-state index contributed by atoms with van der Waals surface area (Å²) in [6.07, 6.45) is 1.91. The Morgan fingerprint density at radius 2 is 2.18 bits per heavy atom. The third-order valence-electron chi connectivity index (χ3n) is 2.99. The zero-order valence-electron chi connectivity index (χ0n) is 10.3. The van der Waals surface area contributed by atoms with Gasteiger partial charge in [-0.2, -0.15) is 0 Å². The quantitative estimate of drug-likeness (QED) is 0.885. The van der Waals surface area contributed by atoms with Gasteiger partial charge in [0.15, 0.2) is 0 Å². The predicted octanol–water partition coefficient (Wildman–Crippen LogP) is 3.00. The van der Waals surface area contributed by atoms with Crippen LogP contribution in [0, 0.1) is 5.82 Å². The van der Waals surface area contributed by atoms with Gasteiger partial charge in [0, 0.05) is 6.54 Å². The summed E-state index contributed by atoms with van der Waals surface area (Å²) in [5.74, 6) is 0.623. The molecule has 0 bridgehead atoms. The maximum Gasteiger partial charge on any atom is 0.126 e. The molecule has 0 saturated heterocycles. The maximum atomic E-state index is 13.2. The molecule has 1 aromatic heterocycles. The van der Waals surface area contributed by atoms with E-state index in [-0.39, 0.29) is 11.9 Å². The Bertz CT molecular complexity index is 519. The fourth-order valence-corrected chi connectivity index (χ4v) is 2.17. The van der Waals surface area contributed by atoms with Crippen molar-refractivity contribution >= 4 is 11.0 Å². The number of benzene rings is 1. The maximum absolute atomic E-state index is 13.2. The Morgan fingerprint density at radius 3 is 2.82 bits per heavy atom. The van der Waals surface area contributed by atoms with E-state index in [0.29, 0.717) is 0 Å². The van der Waals surface area contributed by atoms with E-state index in [1.165, 1.54) is 12.1 Å². The topological polar surface area (TPSA) is 43.8 Å². The summed E-state index contributed by atoms with van der Waals surface area (Å²) in [4.78, 5) is 4.51. The van der Waals surface area contributed by atoms with E-state index in [0.717, 1.165) is 36.2 Å². The summed E-state index contributed by atoms with van der Waals surface area (Å²) < 4.78 is 15.2. The first kappa shape index (κ1) is 12.0. The van der Waals surface area contributed by atoms with Gasteiger partial charge in [0.25, 0.3) is 0 Å². The van der Waals surface area contributed by atoms with Gasteiger partial charge in [-0.25, -0.2) is 9.37 Å². The molecule has 1 unspecified atom stereocenters. The van der Waals surface area contributed by atoms with Gasteiger partial charge in [0.1, 0.15) is 11.6 Å². The second kappa shape index (κ2) is 4.84. The van der Waals surface area contributed by atoms with Crippen molar-refractivity contribution in [1.29, 1.82) is 0 Å². The molecule has 0 aliphatic rings. The monoisotopic (exact) mass is 235 g/mol. The Morgan fingerprint density at radius 1 is 1.41 bits per heavy atom. The minimum Gasteiger partial charge on any atom is -0.327 e. The number of imidazole rings is 1. The summed E-state index contributed by atoms with van der Waals surface area (Å²) >= 11 is 0. The molecule has 1 atom stereocenters. The number of nitrogens with zero attached hydrogens (tertiary/aromatic N) is 2. The molecule has 0 saturated carbocycles. The summed E-state index contributed by atoms with van der Waals surface area (Å²) in [6.45, 7) is 4.87. The second-order valence-electron chi connectivity index (χ2n) is 4.24. The number of hydrogen-bond acceptors (Lipinski definition) is 2. The number of hydrogen-bond donors (Lipinski definition) is 1. The van der Waals surface area contributed by atoms with E-state index in [1.54, 1.807) is 6.07 Å². The third-order valence-corrected chi connectivity index (χ3v) is 2.99. The Labute approximate surface area is 100 Å². The third kappa shape index (κ3) is 2.17. The molecule has 1 aromatic carbocycles. The molecular formula is C13H18FN3. The molecule has 0 aliphatic heterocycles. The predicted molar refractivity (Wildman–Crippen MR) is 67.2 cm³/mol. The highest BCUT2D eigenvalue weighted by molar-refractivity contribution is 5.76. The average Bonchev–Trinajstić information content (AvgIpc) is 2.67. The minimum absolute atomic E-state index is 0.0737. The average molecular weight is 235 g/mol. The van der Waals surface area contributed by atoms with Gasteiger partial charge in [0.2, 0.25) is 0 Å². The van der Waals surface area contributed by atoms with Gasteiger partial charge >= 0.3 is 0 Å². The van der Waals surface area contributed by atoms with Crippen molar-refractivity contribution in [3.63, 3.8) is 0 Å². The van der Waals surface area contributed by atoms with Crippen LogP contribution in [0.15, 0.2) is 18.2 Å². The second-order valence-corrected chi connectivity index (χ2v) is 4.24. The zero-order valence-corrected chi connectivity index (χ0v) is 10.3. The van der Waals surface area contributed by atoms with Gasteiger partial charge in [0.05, 0.1) is 17.1 Å². The summed E-state index contributed by atoms with van der Waals surface area (Å²) in [7, 11) is 0. The first-order valence-electron chi connectivity index (χ1n) is 6.08. The molecule has 4 heteroatoms. The Hall–Kier alpha value is -1.42. The van der Waals surface area contributed by atoms with E-state index < -0.39 is 0 Å². The zero-order chi connectivity index (χ0) is 12.4. The summed E-state index contributed by atoms with van der Waals surface area (Å²) in [6, 6.07) is 4.59. The van der Waals surface area contributed by atoms with E-state index in [1.807, 2.05) is 11.5 Å². The molecule has 17 heavy (non-hydrogen) atoms. The number of aryl methyl sites for hydroxylation is 1. The molecule has 2 N–H and O–H groups in total.